The van der Waals surface area contributed by atoms with Crippen LogP contribution in [-0.2, 0) is 0 Å². The summed E-state index contributed by atoms with van der Waals surface area (Å²) >= 11 is 0. The SMILES string of the molecule is CCOc1ccc2c(c1)OC(C)(C)C(N)C2O.Cl. The van der Waals surface area contributed by atoms with E-state index >= 15 is 0 Å². The van der Waals surface area contributed by atoms with E-state index in [4.69, 9.17) is 15.2 Å². The molecular weight excluding hydrogens is 254 g/mol. The molecule has 0 saturated carbocycles. The molecule has 2 unspecified atom stereocenters. The fourth-order valence-electron chi connectivity index (χ4n) is 2.03. The maximum absolute atomic E-state index is 10.1. The first-order valence-corrected chi connectivity index (χ1v) is 5.85. The average molecular weight is 274 g/mol. The van der Waals surface area contributed by atoms with Gasteiger partial charge >= 0.3 is 0 Å². The normalized spacial score (nSPS) is 24.5. The van der Waals surface area contributed by atoms with Gasteiger partial charge in [0.2, 0.25) is 0 Å². The Balaban J connectivity index is 0.00000162. The molecule has 0 saturated heterocycles. The number of benzene rings is 1. The fraction of sp³-hybridized carbons (Fsp3) is 0.538. The number of rotatable bonds is 2. The standard InChI is InChI=1S/C13H19NO3.ClH/c1-4-16-8-5-6-9-10(7-8)17-13(2,3)12(14)11(9)15;/h5-7,11-12,15H,4,14H2,1-3H3;1H. The van der Waals surface area contributed by atoms with Crippen molar-refractivity contribution in [3.8, 4) is 11.5 Å². The van der Waals surface area contributed by atoms with Crippen LogP contribution >= 0.6 is 12.4 Å². The van der Waals surface area contributed by atoms with Crippen molar-refractivity contribution in [2.24, 2.45) is 5.73 Å². The fourth-order valence-corrected chi connectivity index (χ4v) is 2.03. The Bertz CT molecular complexity index is 423. The highest BCUT2D eigenvalue weighted by atomic mass is 35.5. The first kappa shape index (κ1) is 15.1. The Morgan fingerprint density at radius 1 is 1.44 bits per heavy atom. The summed E-state index contributed by atoms with van der Waals surface area (Å²) in [5, 5.41) is 10.1. The lowest BCUT2D eigenvalue weighted by atomic mass is 9.87. The lowest BCUT2D eigenvalue weighted by molar-refractivity contribution is -0.0119. The highest BCUT2D eigenvalue weighted by Gasteiger charge is 2.40. The van der Waals surface area contributed by atoms with Crippen LogP contribution in [0.2, 0.25) is 0 Å². The highest BCUT2D eigenvalue weighted by Crippen LogP contribution is 2.40. The van der Waals surface area contributed by atoms with Crippen molar-refractivity contribution in [2.45, 2.75) is 38.5 Å². The monoisotopic (exact) mass is 273 g/mol. The third-order valence-corrected chi connectivity index (χ3v) is 3.13. The van der Waals surface area contributed by atoms with Crippen molar-refractivity contribution in [3.05, 3.63) is 23.8 Å². The van der Waals surface area contributed by atoms with E-state index in [1.54, 1.807) is 12.1 Å². The van der Waals surface area contributed by atoms with Gasteiger partial charge in [-0.15, -0.1) is 12.4 Å². The van der Waals surface area contributed by atoms with E-state index in [1.807, 2.05) is 26.8 Å². The molecule has 102 valence electrons. The molecule has 18 heavy (non-hydrogen) atoms. The maximum atomic E-state index is 10.1. The van der Waals surface area contributed by atoms with Crippen LogP contribution in [-0.4, -0.2) is 23.4 Å². The molecule has 1 aromatic rings. The Morgan fingerprint density at radius 3 is 2.72 bits per heavy atom. The largest absolute Gasteiger partial charge is 0.494 e. The van der Waals surface area contributed by atoms with Crippen LogP contribution in [0.4, 0.5) is 0 Å². The van der Waals surface area contributed by atoms with E-state index in [0.717, 1.165) is 11.3 Å². The molecule has 1 aliphatic heterocycles. The second kappa shape index (κ2) is 5.34. The summed E-state index contributed by atoms with van der Waals surface area (Å²) in [7, 11) is 0. The molecule has 3 N–H and O–H groups in total. The lowest BCUT2D eigenvalue weighted by Gasteiger charge is -2.41. The summed E-state index contributed by atoms with van der Waals surface area (Å²) in [4.78, 5) is 0. The van der Waals surface area contributed by atoms with E-state index in [2.05, 4.69) is 0 Å². The van der Waals surface area contributed by atoms with Crippen LogP contribution in [0.25, 0.3) is 0 Å². The number of hydrogen-bond acceptors (Lipinski definition) is 4. The predicted molar refractivity (Wildman–Crippen MR) is 72.5 cm³/mol. The third kappa shape index (κ3) is 2.55. The Labute approximate surface area is 113 Å². The number of ether oxygens (including phenoxy) is 2. The molecule has 1 heterocycles. The van der Waals surface area contributed by atoms with Crippen molar-refractivity contribution in [1.82, 2.24) is 0 Å². The maximum Gasteiger partial charge on any atom is 0.129 e. The van der Waals surface area contributed by atoms with E-state index in [0.29, 0.717) is 12.4 Å². The molecule has 0 bridgehead atoms. The smallest absolute Gasteiger partial charge is 0.129 e. The van der Waals surface area contributed by atoms with Crippen LogP contribution in [0, 0.1) is 0 Å². The van der Waals surface area contributed by atoms with Crippen molar-refractivity contribution in [2.75, 3.05) is 6.61 Å². The molecule has 0 fully saturated rings. The number of nitrogens with two attached hydrogens (primary N) is 1. The Morgan fingerprint density at radius 2 is 2.11 bits per heavy atom. The summed E-state index contributed by atoms with van der Waals surface area (Å²) in [5.74, 6) is 1.39. The summed E-state index contributed by atoms with van der Waals surface area (Å²) in [6, 6.07) is 4.99. The first-order chi connectivity index (χ1) is 7.95. The van der Waals surface area contributed by atoms with Gasteiger partial charge in [0.05, 0.1) is 12.6 Å². The van der Waals surface area contributed by atoms with E-state index in [-0.39, 0.29) is 12.4 Å². The molecule has 0 amide bonds. The number of aliphatic hydroxyl groups is 1. The van der Waals surface area contributed by atoms with Gasteiger partial charge in [-0.2, -0.15) is 0 Å². The quantitative estimate of drug-likeness (QED) is 0.865. The number of hydrogen-bond donors (Lipinski definition) is 2. The highest BCUT2D eigenvalue weighted by molar-refractivity contribution is 5.85. The van der Waals surface area contributed by atoms with Crippen molar-refractivity contribution < 1.29 is 14.6 Å². The molecule has 2 rings (SSSR count). The number of halogens is 1. The summed E-state index contributed by atoms with van der Waals surface area (Å²) in [5.41, 5.74) is 6.10. The molecule has 4 nitrogen and oxygen atoms in total. The second-order valence-electron chi connectivity index (χ2n) is 4.81. The zero-order chi connectivity index (χ0) is 12.6. The van der Waals surface area contributed by atoms with Gasteiger partial charge in [0.25, 0.3) is 0 Å². The van der Waals surface area contributed by atoms with Crippen LogP contribution in [0.3, 0.4) is 0 Å². The molecule has 0 spiro atoms. The van der Waals surface area contributed by atoms with E-state index in [9.17, 15) is 5.11 Å². The van der Waals surface area contributed by atoms with Crippen molar-refractivity contribution >= 4 is 12.4 Å². The minimum Gasteiger partial charge on any atom is -0.494 e. The Kier molecular flexibility index (Phi) is 4.48. The second-order valence-corrected chi connectivity index (χ2v) is 4.81. The van der Waals surface area contributed by atoms with Gasteiger partial charge in [-0.1, -0.05) is 0 Å². The van der Waals surface area contributed by atoms with Gasteiger partial charge < -0.3 is 20.3 Å². The summed E-state index contributed by atoms with van der Waals surface area (Å²) in [6.07, 6.45) is -0.704. The van der Waals surface area contributed by atoms with Gasteiger partial charge in [-0.25, -0.2) is 0 Å². The average Bonchev–Trinajstić information content (AvgIpc) is 2.26. The summed E-state index contributed by atoms with van der Waals surface area (Å²) in [6.45, 7) is 6.27. The zero-order valence-electron chi connectivity index (χ0n) is 10.8. The molecule has 0 aliphatic carbocycles. The van der Waals surface area contributed by atoms with Gasteiger partial charge in [0.15, 0.2) is 0 Å². The van der Waals surface area contributed by atoms with E-state index < -0.39 is 17.7 Å². The molecule has 2 atom stereocenters. The van der Waals surface area contributed by atoms with Crippen LogP contribution in [0.5, 0.6) is 11.5 Å². The predicted octanol–water partition coefficient (Wildman–Crippen LogP) is 2.04. The van der Waals surface area contributed by atoms with Crippen LogP contribution in [0.15, 0.2) is 18.2 Å². The third-order valence-electron chi connectivity index (χ3n) is 3.13. The molecule has 0 aromatic heterocycles. The topological polar surface area (TPSA) is 64.7 Å². The van der Waals surface area contributed by atoms with E-state index in [1.165, 1.54) is 0 Å². The molecule has 5 heteroatoms. The van der Waals surface area contributed by atoms with Gasteiger partial charge in [-0.3, -0.25) is 0 Å². The minimum absolute atomic E-state index is 0. The molecule has 1 aromatic carbocycles. The van der Waals surface area contributed by atoms with Gasteiger partial charge in [0.1, 0.15) is 23.2 Å². The first-order valence-electron chi connectivity index (χ1n) is 5.85. The zero-order valence-corrected chi connectivity index (χ0v) is 11.7. The Hall–Kier alpha value is -0.970. The number of aliphatic hydroxyl groups excluding tert-OH is 1. The van der Waals surface area contributed by atoms with Crippen LogP contribution < -0.4 is 15.2 Å². The van der Waals surface area contributed by atoms with Crippen LogP contribution in [0.1, 0.15) is 32.4 Å². The summed E-state index contributed by atoms with van der Waals surface area (Å²) < 4.78 is 11.2. The molecule has 0 radical (unpaired) electrons. The van der Waals surface area contributed by atoms with Gasteiger partial charge in [0, 0.05) is 11.6 Å². The molecular formula is C13H20ClNO3. The number of fused-ring (bicyclic) bond motifs is 1. The molecule has 1 aliphatic rings. The van der Waals surface area contributed by atoms with Gasteiger partial charge in [-0.05, 0) is 32.9 Å². The van der Waals surface area contributed by atoms with Crippen molar-refractivity contribution in [1.29, 1.82) is 0 Å². The van der Waals surface area contributed by atoms with Crippen molar-refractivity contribution in [3.63, 3.8) is 0 Å². The minimum atomic E-state index is -0.704. The lowest BCUT2D eigenvalue weighted by Crippen LogP contribution is -2.53.